The van der Waals surface area contributed by atoms with Crippen LogP contribution in [0, 0.1) is 6.92 Å². The van der Waals surface area contributed by atoms with Gasteiger partial charge in [-0.3, -0.25) is 4.79 Å². The molecule has 1 aromatic carbocycles. The molecule has 0 aliphatic heterocycles. The number of nitrogens with one attached hydrogen (secondary N) is 3. The largest absolute Gasteiger partial charge is 0.325 e. The fraction of sp³-hybridized carbons (Fsp3) is 0.611. The number of rotatable bonds is 6. The lowest BCUT2D eigenvalue weighted by atomic mass is 9.97. The van der Waals surface area contributed by atoms with Crippen LogP contribution >= 0.6 is 0 Å². The minimum atomic E-state index is -3.54. The minimum absolute atomic E-state index is 0.154. The second kappa shape index (κ2) is 9.31. The van der Waals surface area contributed by atoms with Crippen molar-refractivity contribution in [3.63, 3.8) is 0 Å². The molecule has 0 unspecified atom stereocenters. The summed E-state index contributed by atoms with van der Waals surface area (Å²) in [5.41, 5.74) is 1.13. The number of carbonyl (C=O) groups excluding carboxylic acids is 1. The summed E-state index contributed by atoms with van der Waals surface area (Å²) < 4.78 is 26.3. The van der Waals surface area contributed by atoms with Crippen LogP contribution in [-0.4, -0.2) is 34.0 Å². The molecule has 140 valence electrons. The Hall–Kier alpha value is -1.44. The van der Waals surface area contributed by atoms with E-state index in [0.717, 1.165) is 12.8 Å². The first kappa shape index (κ1) is 19.9. The van der Waals surface area contributed by atoms with Gasteiger partial charge in [-0.15, -0.1) is 0 Å². The summed E-state index contributed by atoms with van der Waals surface area (Å²) in [4.78, 5) is 12.4. The molecule has 1 aromatic rings. The molecular weight excluding hydrogens is 338 g/mol. The Morgan fingerprint density at radius 2 is 1.76 bits per heavy atom. The third-order valence-corrected chi connectivity index (χ3v) is 6.24. The molecule has 0 spiro atoms. The molecule has 0 radical (unpaired) electrons. The number of benzene rings is 1. The highest BCUT2D eigenvalue weighted by Gasteiger charge is 2.16. The van der Waals surface area contributed by atoms with E-state index in [4.69, 9.17) is 0 Å². The second-order valence-electron chi connectivity index (χ2n) is 6.66. The zero-order valence-electron chi connectivity index (χ0n) is 15.1. The van der Waals surface area contributed by atoms with Crippen molar-refractivity contribution in [2.24, 2.45) is 0 Å². The van der Waals surface area contributed by atoms with Gasteiger partial charge in [-0.05, 0) is 44.5 Å². The molecule has 1 fully saturated rings. The number of sulfonamides is 1. The SMILES string of the molecule is CNS(=O)(=O)c1cc(NC(=O)CNC2CCCCCCC2)ccc1C. The van der Waals surface area contributed by atoms with Crippen molar-refractivity contribution >= 4 is 21.6 Å². The van der Waals surface area contributed by atoms with Gasteiger partial charge in [-0.1, -0.05) is 38.2 Å². The van der Waals surface area contributed by atoms with Gasteiger partial charge < -0.3 is 10.6 Å². The Morgan fingerprint density at radius 3 is 2.40 bits per heavy atom. The average Bonchev–Trinajstić information content (AvgIpc) is 2.55. The standard InChI is InChI=1S/C18H29N3O3S/c1-14-10-11-16(12-17(14)25(23,24)19-2)21-18(22)13-20-15-8-6-4-3-5-7-9-15/h10-12,15,19-20H,3-9,13H2,1-2H3,(H,21,22). The maximum absolute atomic E-state index is 12.2. The third-order valence-electron chi connectivity index (χ3n) is 4.69. The first-order chi connectivity index (χ1) is 11.9. The third kappa shape index (κ3) is 6.09. The molecular formula is C18H29N3O3S. The predicted molar refractivity (Wildman–Crippen MR) is 100 cm³/mol. The van der Waals surface area contributed by atoms with Gasteiger partial charge in [0.1, 0.15) is 0 Å². The fourth-order valence-corrected chi connectivity index (χ4v) is 4.17. The lowest BCUT2D eigenvalue weighted by Crippen LogP contribution is -2.36. The molecule has 1 aliphatic rings. The average molecular weight is 368 g/mol. The van der Waals surface area contributed by atoms with E-state index < -0.39 is 10.0 Å². The number of aryl methyl sites for hydroxylation is 1. The molecule has 0 aromatic heterocycles. The first-order valence-corrected chi connectivity index (χ1v) is 10.5. The van der Waals surface area contributed by atoms with Crippen LogP contribution in [0.25, 0.3) is 0 Å². The Balaban J connectivity index is 1.93. The zero-order valence-corrected chi connectivity index (χ0v) is 15.9. The van der Waals surface area contributed by atoms with Crippen LogP contribution in [0.1, 0.15) is 50.5 Å². The van der Waals surface area contributed by atoms with Crippen molar-refractivity contribution in [2.45, 2.75) is 62.8 Å². The summed E-state index contributed by atoms with van der Waals surface area (Å²) in [5.74, 6) is -0.154. The Morgan fingerprint density at radius 1 is 1.12 bits per heavy atom. The summed E-state index contributed by atoms with van der Waals surface area (Å²) in [6.45, 7) is 1.97. The van der Waals surface area contributed by atoms with E-state index in [2.05, 4.69) is 15.4 Å². The van der Waals surface area contributed by atoms with Gasteiger partial charge in [0.15, 0.2) is 0 Å². The summed E-state index contributed by atoms with van der Waals surface area (Å²) >= 11 is 0. The van der Waals surface area contributed by atoms with Crippen molar-refractivity contribution in [3.8, 4) is 0 Å². The van der Waals surface area contributed by atoms with Crippen molar-refractivity contribution in [2.75, 3.05) is 18.9 Å². The second-order valence-corrected chi connectivity index (χ2v) is 8.51. The van der Waals surface area contributed by atoms with Crippen LogP contribution in [0.15, 0.2) is 23.1 Å². The summed E-state index contributed by atoms with van der Waals surface area (Å²) in [6.07, 6.45) is 8.51. The number of anilines is 1. The van der Waals surface area contributed by atoms with Gasteiger partial charge >= 0.3 is 0 Å². The van der Waals surface area contributed by atoms with E-state index in [9.17, 15) is 13.2 Å². The van der Waals surface area contributed by atoms with Gasteiger partial charge in [0.05, 0.1) is 11.4 Å². The van der Waals surface area contributed by atoms with E-state index in [-0.39, 0.29) is 17.3 Å². The molecule has 2 rings (SSSR count). The molecule has 6 nitrogen and oxygen atoms in total. The molecule has 3 N–H and O–H groups in total. The fourth-order valence-electron chi connectivity index (χ4n) is 3.18. The maximum atomic E-state index is 12.2. The number of carbonyl (C=O) groups is 1. The van der Waals surface area contributed by atoms with E-state index in [1.54, 1.807) is 19.1 Å². The maximum Gasteiger partial charge on any atom is 0.240 e. The van der Waals surface area contributed by atoms with Crippen LogP contribution in [0.5, 0.6) is 0 Å². The van der Waals surface area contributed by atoms with Crippen LogP contribution in [0.3, 0.4) is 0 Å². The molecule has 1 amide bonds. The molecule has 7 heteroatoms. The molecule has 25 heavy (non-hydrogen) atoms. The molecule has 0 saturated heterocycles. The van der Waals surface area contributed by atoms with Crippen LogP contribution in [-0.2, 0) is 14.8 Å². The number of hydrogen-bond acceptors (Lipinski definition) is 4. The smallest absolute Gasteiger partial charge is 0.240 e. The van der Waals surface area contributed by atoms with E-state index in [1.807, 2.05) is 0 Å². The van der Waals surface area contributed by atoms with Crippen molar-refractivity contribution < 1.29 is 13.2 Å². The Bertz CT molecular complexity index is 681. The first-order valence-electron chi connectivity index (χ1n) is 9.00. The van der Waals surface area contributed by atoms with Crippen molar-refractivity contribution in [1.29, 1.82) is 0 Å². The number of amides is 1. The quantitative estimate of drug-likeness (QED) is 0.721. The zero-order chi connectivity index (χ0) is 18.3. The number of hydrogen-bond donors (Lipinski definition) is 3. The molecule has 0 bridgehead atoms. The summed E-state index contributed by atoms with van der Waals surface area (Å²) in [7, 11) is -2.17. The molecule has 0 atom stereocenters. The highest BCUT2D eigenvalue weighted by Crippen LogP contribution is 2.20. The molecule has 0 heterocycles. The summed E-state index contributed by atoms with van der Waals surface area (Å²) in [6, 6.07) is 5.30. The molecule has 1 aliphatic carbocycles. The van der Waals surface area contributed by atoms with Gasteiger partial charge in [-0.25, -0.2) is 13.1 Å². The normalized spacial score (nSPS) is 16.9. The molecule has 1 saturated carbocycles. The van der Waals surface area contributed by atoms with Gasteiger partial charge in [0, 0.05) is 11.7 Å². The summed E-state index contributed by atoms with van der Waals surface area (Å²) in [5, 5.41) is 6.11. The minimum Gasteiger partial charge on any atom is -0.325 e. The van der Waals surface area contributed by atoms with E-state index >= 15 is 0 Å². The van der Waals surface area contributed by atoms with E-state index in [1.165, 1.54) is 45.2 Å². The monoisotopic (exact) mass is 367 g/mol. The van der Waals surface area contributed by atoms with Crippen LogP contribution in [0.2, 0.25) is 0 Å². The van der Waals surface area contributed by atoms with Gasteiger partial charge in [0.2, 0.25) is 15.9 Å². The van der Waals surface area contributed by atoms with E-state index in [0.29, 0.717) is 17.3 Å². The lowest BCUT2D eigenvalue weighted by molar-refractivity contribution is -0.115. The Kier molecular flexibility index (Phi) is 7.40. The Labute approximate surface area is 150 Å². The lowest BCUT2D eigenvalue weighted by Gasteiger charge is -2.20. The van der Waals surface area contributed by atoms with Gasteiger partial charge in [0.25, 0.3) is 0 Å². The highest BCUT2D eigenvalue weighted by molar-refractivity contribution is 7.89. The van der Waals surface area contributed by atoms with Crippen molar-refractivity contribution in [1.82, 2.24) is 10.0 Å². The van der Waals surface area contributed by atoms with Crippen LogP contribution < -0.4 is 15.4 Å². The predicted octanol–water partition coefficient (Wildman–Crippen LogP) is 2.54. The topological polar surface area (TPSA) is 87.3 Å². The highest BCUT2D eigenvalue weighted by atomic mass is 32.2. The van der Waals surface area contributed by atoms with Crippen LogP contribution in [0.4, 0.5) is 5.69 Å². The van der Waals surface area contributed by atoms with Crippen molar-refractivity contribution in [3.05, 3.63) is 23.8 Å². The van der Waals surface area contributed by atoms with Gasteiger partial charge in [-0.2, -0.15) is 0 Å².